The Bertz CT molecular complexity index is 1010. The second kappa shape index (κ2) is 6.58. The summed E-state index contributed by atoms with van der Waals surface area (Å²) in [7, 11) is 0. The molecule has 0 aliphatic carbocycles. The molecule has 1 aromatic carbocycles. The van der Waals surface area contributed by atoms with Crippen molar-refractivity contribution in [3.05, 3.63) is 53.9 Å². The molecule has 0 unspecified atom stereocenters. The van der Waals surface area contributed by atoms with Crippen LogP contribution in [0, 0.1) is 34.0 Å². The number of fused-ring (bicyclic) bond motifs is 1. The highest BCUT2D eigenvalue weighted by Crippen LogP contribution is 2.29. The molecule has 112 valence electrons. The van der Waals surface area contributed by atoms with Crippen LogP contribution in [0.4, 0.5) is 5.69 Å². The van der Waals surface area contributed by atoms with Crippen molar-refractivity contribution in [2.75, 3.05) is 5.32 Å². The summed E-state index contributed by atoms with van der Waals surface area (Å²) in [4.78, 5) is 9.68. The summed E-state index contributed by atoms with van der Waals surface area (Å²) in [5.41, 5.74) is 2.06. The van der Waals surface area contributed by atoms with E-state index in [-0.39, 0.29) is 11.3 Å². The van der Waals surface area contributed by atoms with Gasteiger partial charge in [-0.25, -0.2) is 9.97 Å². The fourth-order valence-corrected chi connectivity index (χ4v) is 2.93. The number of allylic oxidation sites excluding steroid dienone is 2. The lowest BCUT2D eigenvalue weighted by atomic mass is 10.2. The average molecular weight is 328 g/mol. The van der Waals surface area contributed by atoms with Crippen molar-refractivity contribution in [2.24, 2.45) is 0 Å². The van der Waals surface area contributed by atoms with E-state index in [0.717, 1.165) is 20.9 Å². The number of nitrogens with zero attached hydrogens (tertiary/aromatic N) is 5. The van der Waals surface area contributed by atoms with E-state index in [4.69, 9.17) is 15.8 Å². The molecule has 7 heteroatoms. The van der Waals surface area contributed by atoms with Gasteiger partial charge in [0.1, 0.15) is 39.3 Å². The van der Waals surface area contributed by atoms with E-state index in [9.17, 15) is 0 Å². The van der Waals surface area contributed by atoms with E-state index < -0.39 is 0 Å². The highest BCUT2D eigenvalue weighted by Gasteiger charge is 2.08. The molecule has 0 spiro atoms. The maximum atomic E-state index is 9.05. The normalized spacial score (nSPS) is 9.54. The van der Waals surface area contributed by atoms with Gasteiger partial charge in [0.2, 0.25) is 0 Å². The summed E-state index contributed by atoms with van der Waals surface area (Å²) in [6, 6.07) is 16.2. The molecule has 0 aliphatic heterocycles. The zero-order valence-corrected chi connectivity index (χ0v) is 13.0. The van der Waals surface area contributed by atoms with E-state index in [2.05, 4.69) is 15.3 Å². The number of pyridine rings is 1. The quantitative estimate of drug-likeness (QED) is 0.736. The summed E-state index contributed by atoms with van der Waals surface area (Å²) < 4.78 is 0. The largest absolute Gasteiger partial charge is 0.345 e. The molecule has 0 saturated carbocycles. The Labute approximate surface area is 141 Å². The molecule has 0 bridgehead atoms. The zero-order valence-electron chi connectivity index (χ0n) is 12.2. The fraction of sp³-hybridized carbons (Fsp3) is 0. The van der Waals surface area contributed by atoms with Gasteiger partial charge in [0, 0.05) is 17.4 Å². The number of anilines is 1. The minimum Gasteiger partial charge on any atom is -0.345 e. The van der Waals surface area contributed by atoms with Crippen LogP contribution in [0.2, 0.25) is 0 Å². The summed E-state index contributed by atoms with van der Waals surface area (Å²) in [6.45, 7) is 0. The van der Waals surface area contributed by atoms with Crippen molar-refractivity contribution in [3.8, 4) is 28.8 Å². The van der Waals surface area contributed by atoms with E-state index in [1.807, 2.05) is 30.3 Å². The summed E-state index contributed by atoms with van der Waals surface area (Å²) in [6.07, 6.45) is 1.73. The van der Waals surface area contributed by atoms with Crippen LogP contribution in [0.1, 0.15) is 0 Å². The molecule has 6 nitrogen and oxygen atoms in total. The van der Waals surface area contributed by atoms with Gasteiger partial charge in [-0.1, -0.05) is 11.3 Å². The molecule has 2 aromatic heterocycles. The molecule has 3 aromatic rings. The van der Waals surface area contributed by atoms with Gasteiger partial charge in [-0.05, 0) is 36.4 Å². The maximum Gasteiger partial charge on any atom is 0.163 e. The van der Waals surface area contributed by atoms with Crippen LogP contribution >= 0.6 is 11.3 Å². The van der Waals surface area contributed by atoms with E-state index >= 15 is 0 Å². The third-order valence-electron chi connectivity index (χ3n) is 3.15. The summed E-state index contributed by atoms with van der Waals surface area (Å²) in [5, 5.41) is 30.3. The summed E-state index contributed by atoms with van der Waals surface area (Å²) in [5.74, 6) is 0. The van der Waals surface area contributed by atoms with Crippen LogP contribution in [0.5, 0.6) is 0 Å². The smallest absolute Gasteiger partial charge is 0.163 e. The predicted molar refractivity (Wildman–Crippen MR) is 90.3 cm³/mol. The van der Waals surface area contributed by atoms with Crippen LogP contribution in [0.15, 0.2) is 53.9 Å². The number of nitrogens with one attached hydrogen (secondary N) is 1. The highest BCUT2D eigenvalue weighted by molar-refractivity contribution is 7.21. The lowest BCUT2D eigenvalue weighted by Gasteiger charge is -2.05. The number of aromatic nitrogens is 2. The van der Waals surface area contributed by atoms with E-state index in [1.54, 1.807) is 30.5 Å². The van der Waals surface area contributed by atoms with Crippen LogP contribution < -0.4 is 5.32 Å². The number of benzene rings is 1. The van der Waals surface area contributed by atoms with Crippen molar-refractivity contribution in [2.45, 2.75) is 0 Å². The molecule has 0 amide bonds. The minimum atomic E-state index is -0.251. The van der Waals surface area contributed by atoms with Crippen LogP contribution in [-0.4, -0.2) is 9.97 Å². The average Bonchev–Trinajstić information content (AvgIpc) is 3.06. The lowest BCUT2D eigenvalue weighted by molar-refractivity contribution is 1.37. The molecule has 0 aliphatic rings. The Morgan fingerprint density at radius 3 is 2.38 bits per heavy atom. The lowest BCUT2D eigenvalue weighted by Crippen LogP contribution is -2.00. The number of nitriles is 3. The second-order valence-electron chi connectivity index (χ2n) is 4.63. The first-order chi connectivity index (χ1) is 11.7. The molecular formula is C17H8N6S. The molecule has 0 saturated heterocycles. The Morgan fingerprint density at radius 1 is 1.00 bits per heavy atom. The topological polar surface area (TPSA) is 109 Å². The van der Waals surface area contributed by atoms with Crippen molar-refractivity contribution in [3.63, 3.8) is 0 Å². The number of hydrogen-bond donors (Lipinski definition) is 1. The third kappa shape index (κ3) is 2.91. The Kier molecular flexibility index (Phi) is 4.16. The molecule has 0 atom stereocenters. The SMILES string of the molecule is N#CC(C#N)=C(C#N)Nc1ccc(-c2nc3cccnc3s2)cc1. The van der Waals surface area contributed by atoms with Crippen molar-refractivity contribution < 1.29 is 0 Å². The fourth-order valence-electron chi connectivity index (χ4n) is 2.02. The molecule has 24 heavy (non-hydrogen) atoms. The predicted octanol–water partition coefficient (Wildman–Crippen LogP) is 3.60. The van der Waals surface area contributed by atoms with Gasteiger partial charge in [-0.15, -0.1) is 0 Å². The van der Waals surface area contributed by atoms with Gasteiger partial charge in [0.05, 0.1) is 0 Å². The van der Waals surface area contributed by atoms with Crippen LogP contribution in [0.25, 0.3) is 20.9 Å². The van der Waals surface area contributed by atoms with Crippen molar-refractivity contribution >= 4 is 27.4 Å². The van der Waals surface area contributed by atoms with Gasteiger partial charge >= 0.3 is 0 Å². The van der Waals surface area contributed by atoms with Crippen molar-refractivity contribution in [1.82, 2.24) is 9.97 Å². The standard InChI is InChI=1S/C17H8N6S/c18-8-12(9-19)15(10-20)22-13-5-3-11(4-6-13)16-23-14-2-1-7-21-17(14)24-16/h1-7,22H. The van der Waals surface area contributed by atoms with E-state index in [1.165, 1.54) is 11.3 Å². The first-order valence-corrected chi connectivity index (χ1v) is 7.60. The molecule has 0 fully saturated rings. The minimum absolute atomic E-state index is 0.0723. The molecule has 0 radical (unpaired) electrons. The molecular weight excluding hydrogens is 320 g/mol. The zero-order chi connectivity index (χ0) is 16.9. The summed E-state index contributed by atoms with van der Waals surface area (Å²) >= 11 is 1.50. The molecule has 2 heterocycles. The number of rotatable bonds is 3. The monoisotopic (exact) mass is 328 g/mol. The second-order valence-corrected chi connectivity index (χ2v) is 5.61. The van der Waals surface area contributed by atoms with Gasteiger partial charge in [0.25, 0.3) is 0 Å². The van der Waals surface area contributed by atoms with E-state index in [0.29, 0.717) is 5.69 Å². The first kappa shape index (κ1) is 15.2. The third-order valence-corrected chi connectivity index (χ3v) is 4.18. The van der Waals surface area contributed by atoms with Gasteiger partial charge in [0.15, 0.2) is 5.57 Å². The molecule has 1 N–H and O–H groups in total. The molecule has 3 rings (SSSR count). The Balaban J connectivity index is 1.89. The maximum absolute atomic E-state index is 9.05. The van der Waals surface area contributed by atoms with Gasteiger partial charge in [-0.3, -0.25) is 0 Å². The van der Waals surface area contributed by atoms with Gasteiger partial charge < -0.3 is 5.32 Å². The number of hydrogen-bond acceptors (Lipinski definition) is 7. The Hall–Kier alpha value is -3.73. The number of thiazole rings is 1. The van der Waals surface area contributed by atoms with Crippen LogP contribution in [0.3, 0.4) is 0 Å². The first-order valence-electron chi connectivity index (χ1n) is 6.78. The Morgan fingerprint density at radius 2 is 1.75 bits per heavy atom. The van der Waals surface area contributed by atoms with Crippen molar-refractivity contribution in [1.29, 1.82) is 15.8 Å². The van der Waals surface area contributed by atoms with Gasteiger partial charge in [-0.2, -0.15) is 15.8 Å². The highest BCUT2D eigenvalue weighted by atomic mass is 32.1. The van der Waals surface area contributed by atoms with Crippen LogP contribution in [-0.2, 0) is 0 Å².